The van der Waals surface area contributed by atoms with Gasteiger partial charge in [-0.2, -0.15) is 0 Å². The molecule has 1 aromatic heterocycles. The maximum atomic E-state index is 13.0. The third-order valence-electron chi connectivity index (χ3n) is 6.50. The van der Waals surface area contributed by atoms with Gasteiger partial charge in [0.2, 0.25) is 0 Å². The summed E-state index contributed by atoms with van der Waals surface area (Å²) in [6, 6.07) is 13.5. The lowest BCUT2D eigenvalue weighted by Crippen LogP contribution is -2.67. The molecule has 2 saturated carbocycles. The molecule has 2 aliphatic carbocycles. The van der Waals surface area contributed by atoms with Crippen LogP contribution in [0.3, 0.4) is 0 Å². The maximum absolute atomic E-state index is 13.0. The van der Waals surface area contributed by atoms with Gasteiger partial charge in [0.05, 0.1) is 29.0 Å². The molecule has 5 nitrogen and oxygen atoms in total. The normalized spacial score (nSPS) is 29.7. The Hall–Kier alpha value is -2.40. The predicted molar refractivity (Wildman–Crippen MR) is 104 cm³/mol. The minimum atomic E-state index is -0.172. The number of hydrogen-bond acceptors (Lipinski definition) is 4. The first-order valence-corrected chi connectivity index (χ1v) is 9.78. The van der Waals surface area contributed by atoms with Crippen LogP contribution in [0.2, 0.25) is 0 Å². The summed E-state index contributed by atoms with van der Waals surface area (Å²) in [5.74, 6) is -0.00434. The van der Waals surface area contributed by atoms with Crippen molar-refractivity contribution in [2.24, 2.45) is 0 Å². The van der Waals surface area contributed by atoms with Gasteiger partial charge in [-0.25, -0.2) is 0 Å². The summed E-state index contributed by atoms with van der Waals surface area (Å²) in [6.45, 7) is 2.80. The Labute approximate surface area is 159 Å². The second-order valence-corrected chi connectivity index (χ2v) is 8.55. The summed E-state index contributed by atoms with van der Waals surface area (Å²) in [7, 11) is 0. The van der Waals surface area contributed by atoms with Gasteiger partial charge in [0, 0.05) is 30.3 Å². The van der Waals surface area contributed by atoms with Gasteiger partial charge in [0.15, 0.2) is 0 Å². The molecule has 0 atom stereocenters. The third-order valence-corrected chi connectivity index (χ3v) is 6.50. The average molecular weight is 363 g/mol. The fraction of sp³-hybridized carbons (Fsp3) is 0.455. The van der Waals surface area contributed by atoms with Gasteiger partial charge >= 0.3 is 0 Å². The molecule has 5 heteroatoms. The Morgan fingerprint density at radius 1 is 1.19 bits per heavy atom. The van der Waals surface area contributed by atoms with Gasteiger partial charge < -0.3 is 15.4 Å². The molecule has 4 fully saturated rings. The van der Waals surface area contributed by atoms with Crippen molar-refractivity contribution in [3.63, 3.8) is 0 Å². The van der Waals surface area contributed by atoms with Crippen molar-refractivity contribution >= 4 is 11.6 Å². The Morgan fingerprint density at radius 3 is 2.74 bits per heavy atom. The standard InChI is InChI=1S/C22H25N3O2/c1-20-14-21(15-20,22(27-20)9-5-10-22)25-19(26)16-6-4-8-17(12-16)24-13-18-7-2-3-11-23-18/h2-4,6-8,11-12,24H,5,9-10,13-15H2,1H3,(H,25,26). The number of nitrogens with one attached hydrogen (secondary N) is 2. The number of benzene rings is 1. The number of hydrogen-bond donors (Lipinski definition) is 2. The van der Waals surface area contributed by atoms with Crippen LogP contribution in [-0.4, -0.2) is 27.6 Å². The van der Waals surface area contributed by atoms with E-state index in [-0.39, 0.29) is 22.6 Å². The molecule has 0 radical (unpaired) electrons. The molecule has 2 N–H and O–H groups in total. The summed E-state index contributed by atoms with van der Waals surface area (Å²) < 4.78 is 6.36. The van der Waals surface area contributed by atoms with Crippen LogP contribution in [0.15, 0.2) is 48.7 Å². The molecule has 140 valence electrons. The molecular weight excluding hydrogens is 338 g/mol. The Bertz CT molecular complexity index is 870. The predicted octanol–water partition coefficient (Wildman–Crippen LogP) is 3.67. The van der Waals surface area contributed by atoms with Crippen molar-refractivity contribution in [2.75, 3.05) is 5.32 Å². The molecule has 2 bridgehead atoms. The average Bonchev–Trinajstić information content (AvgIpc) is 3.04. The Balaban J connectivity index is 1.28. The number of aromatic nitrogens is 1. The lowest BCUT2D eigenvalue weighted by atomic mass is 9.57. The molecule has 1 spiro atoms. The molecule has 4 aliphatic rings. The van der Waals surface area contributed by atoms with Crippen molar-refractivity contribution in [3.8, 4) is 0 Å². The lowest BCUT2D eigenvalue weighted by molar-refractivity contribution is -0.102. The number of amides is 1. The fourth-order valence-corrected chi connectivity index (χ4v) is 5.22. The van der Waals surface area contributed by atoms with E-state index in [0.29, 0.717) is 12.1 Å². The van der Waals surface area contributed by atoms with E-state index in [0.717, 1.165) is 37.1 Å². The molecule has 1 aromatic carbocycles. The minimum Gasteiger partial charge on any atom is -0.379 e. The van der Waals surface area contributed by atoms with Gasteiger partial charge in [-0.3, -0.25) is 9.78 Å². The first-order valence-electron chi connectivity index (χ1n) is 9.78. The SMILES string of the molecule is CC12CC(NC(=O)c3cccc(NCc4ccccn4)c3)(C1)C1(CCC1)O2. The van der Waals surface area contributed by atoms with E-state index in [1.807, 2.05) is 42.5 Å². The van der Waals surface area contributed by atoms with E-state index in [2.05, 4.69) is 22.5 Å². The second kappa shape index (κ2) is 5.80. The first kappa shape index (κ1) is 16.8. The smallest absolute Gasteiger partial charge is 0.251 e. The molecule has 1 amide bonds. The van der Waals surface area contributed by atoms with Crippen LogP contribution < -0.4 is 10.6 Å². The van der Waals surface area contributed by atoms with Gasteiger partial charge in [0.25, 0.3) is 5.91 Å². The summed E-state index contributed by atoms with van der Waals surface area (Å²) in [5.41, 5.74) is 2.24. The highest BCUT2D eigenvalue weighted by Gasteiger charge is 2.75. The van der Waals surface area contributed by atoms with Gasteiger partial charge in [-0.15, -0.1) is 0 Å². The van der Waals surface area contributed by atoms with Crippen LogP contribution >= 0.6 is 0 Å². The molecule has 6 rings (SSSR count). The second-order valence-electron chi connectivity index (χ2n) is 8.55. The maximum Gasteiger partial charge on any atom is 0.251 e. The number of pyridine rings is 1. The number of ether oxygens (including phenoxy) is 1. The zero-order valence-corrected chi connectivity index (χ0v) is 15.6. The van der Waals surface area contributed by atoms with Gasteiger partial charge in [-0.05, 0) is 56.5 Å². The Morgan fingerprint density at radius 2 is 2.04 bits per heavy atom. The lowest BCUT2D eigenvalue weighted by Gasteiger charge is -2.51. The van der Waals surface area contributed by atoms with Crippen molar-refractivity contribution in [2.45, 2.75) is 62.3 Å². The minimum absolute atomic E-state index is 0.00434. The zero-order chi connectivity index (χ0) is 18.5. The number of nitrogens with zero attached hydrogens (tertiary/aromatic N) is 1. The van der Waals surface area contributed by atoms with Crippen molar-refractivity contribution in [3.05, 3.63) is 59.9 Å². The molecule has 2 saturated heterocycles. The largest absolute Gasteiger partial charge is 0.379 e. The van der Waals surface area contributed by atoms with Crippen molar-refractivity contribution in [1.29, 1.82) is 0 Å². The van der Waals surface area contributed by atoms with E-state index < -0.39 is 0 Å². The molecule has 2 aliphatic heterocycles. The highest BCUT2D eigenvalue weighted by molar-refractivity contribution is 5.96. The van der Waals surface area contributed by atoms with E-state index in [4.69, 9.17) is 4.74 Å². The first-order chi connectivity index (χ1) is 13.0. The van der Waals surface area contributed by atoms with Crippen molar-refractivity contribution in [1.82, 2.24) is 10.3 Å². The van der Waals surface area contributed by atoms with Crippen LogP contribution in [0.1, 0.15) is 55.1 Å². The summed E-state index contributed by atoms with van der Waals surface area (Å²) in [6.07, 6.45) is 6.98. The molecule has 3 heterocycles. The van der Waals surface area contributed by atoms with E-state index >= 15 is 0 Å². The van der Waals surface area contributed by atoms with Crippen LogP contribution in [0.5, 0.6) is 0 Å². The van der Waals surface area contributed by atoms with E-state index in [1.54, 1.807) is 6.20 Å². The van der Waals surface area contributed by atoms with Crippen LogP contribution in [0, 0.1) is 0 Å². The third kappa shape index (κ3) is 2.64. The Kier molecular flexibility index (Phi) is 3.60. The monoisotopic (exact) mass is 363 g/mol. The molecule has 27 heavy (non-hydrogen) atoms. The zero-order valence-electron chi connectivity index (χ0n) is 15.6. The molecule has 0 unspecified atom stereocenters. The van der Waals surface area contributed by atoms with E-state index in [9.17, 15) is 4.79 Å². The summed E-state index contributed by atoms with van der Waals surface area (Å²) in [5, 5.41) is 6.70. The number of carbonyl (C=O) groups excluding carboxylic acids is 1. The summed E-state index contributed by atoms with van der Waals surface area (Å²) in [4.78, 5) is 17.3. The topological polar surface area (TPSA) is 63.2 Å². The van der Waals surface area contributed by atoms with Crippen LogP contribution in [-0.2, 0) is 11.3 Å². The highest BCUT2D eigenvalue weighted by atomic mass is 16.5. The van der Waals surface area contributed by atoms with Crippen LogP contribution in [0.25, 0.3) is 0 Å². The van der Waals surface area contributed by atoms with E-state index in [1.165, 1.54) is 6.42 Å². The van der Waals surface area contributed by atoms with Gasteiger partial charge in [-0.1, -0.05) is 12.1 Å². The quantitative estimate of drug-likeness (QED) is 0.851. The highest BCUT2D eigenvalue weighted by Crippen LogP contribution is 2.66. The molecule has 2 aromatic rings. The van der Waals surface area contributed by atoms with Crippen molar-refractivity contribution < 1.29 is 9.53 Å². The van der Waals surface area contributed by atoms with Gasteiger partial charge in [0.1, 0.15) is 0 Å². The number of carbonyl (C=O) groups is 1. The molecular formula is C22H25N3O2. The summed E-state index contributed by atoms with van der Waals surface area (Å²) >= 11 is 0. The fourth-order valence-electron chi connectivity index (χ4n) is 5.22. The number of anilines is 1. The van der Waals surface area contributed by atoms with Crippen LogP contribution in [0.4, 0.5) is 5.69 Å². The number of rotatable bonds is 5.